The quantitative estimate of drug-likeness (QED) is 0.809. The van der Waals surface area contributed by atoms with E-state index in [0.29, 0.717) is 21.2 Å². The van der Waals surface area contributed by atoms with Crippen LogP contribution < -0.4 is 10.6 Å². The van der Waals surface area contributed by atoms with Crippen LogP contribution in [-0.2, 0) is 0 Å². The molecule has 120 valence electrons. The molecule has 0 radical (unpaired) electrons. The summed E-state index contributed by atoms with van der Waals surface area (Å²) in [4.78, 5) is 23.7. The molecule has 0 saturated heterocycles. The molecule has 2 aromatic rings. The molecule has 0 fully saturated rings. The third-order valence-corrected chi connectivity index (χ3v) is 3.72. The lowest BCUT2D eigenvalue weighted by Gasteiger charge is -2.08. The van der Waals surface area contributed by atoms with Crippen LogP contribution in [0.15, 0.2) is 42.5 Å². The molecule has 0 aliphatic heterocycles. The number of carbonyl (C=O) groups excluding carboxylic acids is 2. The van der Waals surface area contributed by atoms with E-state index in [4.69, 9.17) is 23.2 Å². The standard InChI is InChI=1S/C16H13Cl2FN2O2/c17-13-6-3-11(9-14(13)18)16(23)21-8-7-20-15(22)10-1-4-12(19)5-2-10/h1-6,9H,7-8H2,(H,20,22)(H,21,23). The van der Waals surface area contributed by atoms with Crippen LogP contribution in [-0.4, -0.2) is 24.9 Å². The van der Waals surface area contributed by atoms with Crippen LogP contribution in [0.1, 0.15) is 20.7 Å². The van der Waals surface area contributed by atoms with Crippen LogP contribution in [0.2, 0.25) is 10.0 Å². The Morgan fingerprint density at radius 2 is 1.35 bits per heavy atom. The molecule has 0 aromatic heterocycles. The first-order chi connectivity index (χ1) is 11.0. The van der Waals surface area contributed by atoms with Crippen molar-refractivity contribution in [3.8, 4) is 0 Å². The summed E-state index contributed by atoms with van der Waals surface area (Å²) < 4.78 is 12.8. The van der Waals surface area contributed by atoms with E-state index >= 15 is 0 Å². The molecule has 7 heteroatoms. The van der Waals surface area contributed by atoms with Gasteiger partial charge in [0.15, 0.2) is 0 Å². The molecule has 4 nitrogen and oxygen atoms in total. The summed E-state index contributed by atoms with van der Waals surface area (Å²) in [5.74, 6) is -1.07. The molecule has 2 N–H and O–H groups in total. The second-order valence-corrected chi connectivity index (χ2v) is 5.46. The monoisotopic (exact) mass is 354 g/mol. The highest BCUT2D eigenvalue weighted by molar-refractivity contribution is 6.42. The Morgan fingerprint density at radius 3 is 1.91 bits per heavy atom. The summed E-state index contributed by atoms with van der Waals surface area (Å²) in [6.45, 7) is 0.481. The summed E-state index contributed by atoms with van der Waals surface area (Å²) in [5.41, 5.74) is 0.728. The Morgan fingerprint density at radius 1 is 0.826 bits per heavy atom. The molecule has 0 bridgehead atoms. The van der Waals surface area contributed by atoms with Gasteiger partial charge in [0.2, 0.25) is 0 Å². The fraction of sp³-hybridized carbons (Fsp3) is 0.125. The van der Waals surface area contributed by atoms with E-state index < -0.39 is 5.82 Å². The molecule has 2 amide bonds. The maximum absolute atomic E-state index is 12.8. The highest BCUT2D eigenvalue weighted by Gasteiger charge is 2.08. The molecule has 2 aromatic carbocycles. The highest BCUT2D eigenvalue weighted by atomic mass is 35.5. The molecular formula is C16H13Cl2FN2O2. The van der Waals surface area contributed by atoms with Crippen LogP contribution >= 0.6 is 23.2 Å². The maximum Gasteiger partial charge on any atom is 0.251 e. The predicted octanol–water partition coefficient (Wildman–Crippen LogP) is 3.29. The minimum atomic E-state index is -0.407. The molecule has 0 atom stereocenters. The van der Waals surface area contributed by atoms with E-state index in [1.807, 2.05) is 0 Å². The van der Waals surface area contributed by atoms with E-state index in [2.05, 4.69) is 10.6 Å². The zero-order valence-electron chi connectivity index (χ0n) is 11.9. The highest BCUT2D eigenvalue weighted by Crippen LogP contribution is 2.22. The van der Waals surface area contributed by atoms with E-state index in [0.717, 1.165) is 0 Å². The minimum Gasteiger partial charge on any atom is -0.350 e. The number of nitrogens with one attached hydrogen (secondary N) is 2. The van der Waals surface area contributed by atoms with Gasteiger partial charge in [0, 0.05) is 24.2 Å². The Kier molecular flexibility index (Phi) is 5.96. The van der Waals surface area contributed by atoms with Gasteiger partial charge in [-0.1, -0.05) is 23.2 Å². The lowest BCUT2D eigenvalue weighted by atomic mass is 10.2. The Labute approximate surface area is 142 Å². The third-order valence-electron chi connectivity index (χ3n) is 2.98. The number of hydrogen-bond donors (Lipinski definition) is 2. The minimum absolute atomic E-state index is 0.239. The average Bonchev–Trinajstić information content (AvgIpc) is 2.54. The van der Waals surface area contributed by atoms with Gasteiger partial charge in [0.1, 0.15) is 5.82 Å². The van der Waals surface area contributed by atoms with Crippen LogP contribution in [0.3, 0.4) is 0 Å². The van der Waals surface area contributed by atoms with Crippen LogP contribution in [0.4, 0.5) is 4.39 Å². The van der Waals surface area contributed by atoms with Crippen molar-refractivity contribution in [3.05, 3.63) is 69.5 Å². The molecule has 0 spiro atoms. The summed E-state index contributed by atoms with van der Waals surface area (Å²) in [5, 5.41) is 5.93. The SMILES string of the molecule is O=C(NCCNC(=O)c1ccc(Cl)c(Cl)c1)c1ccc(F)cc1. The Balaban J connectivity index is 1.78. The first-order valence-electron chi connectivity index (χ1n) is 6.74. The van der Waals surface area contributed by atoms with Crippen molar-refractivity contribution in [2.45, 2.75) is 0 Å². The second kappa shape index (κ2) is 7.94. The lowest BCUT2D eigenvalue weighted by molar-refractivity contribution is 0.0927. The average molecular weight is 355 g/mol. The molecule has 0 heterocycles. The molecular weight excluding hydrogens is 342 g/mol. The number of hydrogen-bond acceptors (Lipinski definition) is 2. The molecule has 0 aliphatic carbocycles. The van der Waals surface area contributed by atoms with Crippen LogP contribution in [0, 0.1) is 5.82 Å². The predicted molar refractivity (Wildman–Crippen MR) is 87.5 cm³/mol. The largest absolute Gasteiger partial charge is 0.350 e. The van der Waals surface area contributed by atoms with Gasteiger partial charge in [-0.05, 0) is 42.5 Å². The zero-order valence-corrected chi connectivity index (χ0v) is 13.4. The second-order valence-electron chi connectivity index (χ2n) is 4.65. The summed E-state index contributed by atoms with van der Waals surface area (Å²) in [7, 11) is 0. The van der Waals surface area contributed by atoms with E-state index in [1.165, 1.54) is 36.4 Å². The Hall–Kier alpha value is -2.11. The van der Waals surface area contributed by atoms with Gasteiger partial charge < -0.3 is 10.6 Å². The Bertz CT molecular complexity index is 721. The van der Waals surface area contributed by atoms with Gasteiger partial charge in [-0.3, -0.25) is 9.59 Å². The molecule has 0 saturated carbocycles. The van der Waals surface area contributed by atoms with E-state index in [-0.39, 0.29) is 24.9 Å². The van der Waals surface area contributed by atoms with Crippen molar-refractivity contribution in [3.63, 3.8) is 0 Å². The van der Waals surface area contributed by atoms with Gasteiger partial charge in [-0.2, -0.15) is 0 Å². The summed E-state index contributed by atoms with van der Waals surface area (Å²) in [6, 6.07) is 9.76. The number of amides is 2. The topological polar surface area (TPSA) is 58.2 Å². The molecule has 23 heavy (non-hydrogen) atoms. The van der Waals surface area contributed by atoms with Crippen molar-refractivity contribution in [2.24, 2.45) is 0 Å². The third kappa shape index (κ3) is 4.94. The van der Waals surface area contributed by atoms with Gasteiger partial charge in [-0.15, -0.1) is 0 Å². The molecule has 2 rings (SSSR count). The van der Waals surface area contributed by atoms with E-state index in [1.54, 1.807) is 6.07 Å². The van der Waals surface area contributed by atoms with Gasteiger partial charge >= 0.3 is 0 Å². The van der Waals surface area contributed by atoms with Crippen molar-refractivity contribution in [2.75, 3.05) is 13.1 Å². The fourth-order valence-corrected chi connectivity index (χ4v) is 2.09. The zero-order chi connectivity index (χ0) is 16.8. The first-order valence-corrected chi connectivity index (χ1v) is 7.50. The lowest BCUT2D eigenvalue weighted by Crippen LogP contribution is -2.34. The van der Waals surface area contributed by atoms with Crippen molar-refractivity contribution in [1.29, 1.82) is 0 Å². The normalized spacial score (nSPS) is 10.2. The number of halogens is 3. The smallest absolute Gasteiger partial charge is 0.251 e. The van der Waals surface area contributed by atoms with Crippen molar-refractivity contribution >= 4 is 35.0 Å². The van der Waals surface area contributed by atoms with Gasteiger partial charge in [0.25, 0.3) is 11.8 Å². The van der Waals surface area contributed by atoms with Gasteiger partial charge in [-0.25, -0.2) is 4.39 Å². The summed E-state index contributed by atoms with van der Waals surface area (Å²) >= 11 is 11.6. The molecule has 0 unspecified atom stereocenters. The number of benzene rings is 2. The molecule has 0 aliphatic rings. The maximum atomic E-state index is 12.8. The van der Waals surface area contributed by atoms with Crippen molar-refractivity contribution in [1.82, 2.24) is 10.6 Å². The summed E-state index contributed by atoms with van der Waals surface area (Å²) in [6.07, 6.45) is 0. The van der Waals surface area contributed by atoms with Crippen LogP contribution in [0.25, 0.3) is 0 Å². The van der Waals surface area contributed by atoms with E-state index in [9.17, 15) is 14.0 Å². The van der Waals surface area contributed by atoms with Crippen LogP contribution in [0.5, 0.6) is 0 Å². The number of rotatable bonds is 5. The van der Waals surface area contributed by atoms with Gasteiger partial charge in [0.05, 0.1) is 10.0 Å². The van der Waals surface area contributed by atoms with Crippen molar-refractivity contribution < 1.29 is 14.0 Å². The fourth-order valence-electron chi connectivity index (χ4n) is 1.79. The first kappa shape index (κ1) is 17.2. The number of carbonyl (C=O) groups is 2.